The summed E-state index contributed by atoms with van der Waals surface area (Å²) in [5.74, 6) is -0.186. The molecule has 1 aliphatic heterocycles. The third kappa shape index (κ3) is 6.53. The number of amides is 1. The minimum absolute atomic E-state index is 0.0232. The van der Waals surface area contributed by atoms with Gasteiger partial charge >= 0.3 is 12.3 Å². The van der Waals surface area contributed by atoms with Crippen LogP contribution < -0.4 is 10.9 Å². The largest absolute Gasteiger partial charge is 0.465 e. The van der Waals surface area contributed by atoms with Gasteiger partial charge < -0.3 is 10.4 Å². The number of carboxylic acid groups (broad SMARTS) is 1. The first kappa shape index (κ1) is 28.8. The van der Waals surface area contributed by atoms with E-state index in [1.165, 1.54) is 37.5 Å². The summed E-state index contributed by atoms with van der Waals surface area (Å²) in [7, 11) is -3.66. The van der Waals surface area contributed by atoms with E-state index in [4.69, 9.17) is 16.7 Å². The Bertz CT molecular complexity index is 1580. The minimum Gasteiger partial charge on any atom is -0.465 e. The zero-order chi connectivity index (χ0) is 28.5. The van der Waals surface area contributed by atoms with Crippen molar-refractivity contribution in [3.05, 3.63) is 68.7 Å². The Hall–Kier alpha value is -3.16. The summed E-state index contributed by atoms with van der Waals surface area (Å²) in [6.07, 6.45) is -3.59. The second-order valence-electron chi connectivity index (χ2n) is 9.38. The van der Waals surface area contributed by atoms with Gasteiger partial charge in [0.15, 0.2) is 9.84 Å². The van der Waals surface area contributed by atoms with Crippen LogP contribution in [0.1, 0.15) is 36.5 Å². The van der Waals surface area contributed by atoms with Crippen molar-refractivity contribution in [2.75, 3.05) is 18.8 Å². The Balaban J connectivity index is 1.73. The Morgan fingerprint density at radius 1 is 1.21 bits per heavy atom. The first-order chi connectivity index (χ1) is 18.3. The standard InChI is InChI=1S/C25H26ClF3N4O5S/c1-2-39(37,38)22-6-5-17(26)8-16(22)12-33-14-30-21-9-15(20(25(27,28)29)10-19(21)23(33)34)11-32-7-3-4-18(13-32)31-24(35)36/h5-6,8-10,14,18,31H,2-4,7,11-13H2,1H3,(H,35,36)/t18-/m0/s1. The summed E-state index contributed by atoms with van der Waals surface area (Å²) < 4.78 is 68.5. The molecule has 1 saturated heterocycles. The van der Waals surface area contributed by atoms with Crippen LogP contribution in [0.5, 0.6) is 0 Å². The molecule has 0 unspecified atom stereocenters. The molecule has 0 saturated carbocycles. The van der Waals surface area contributed by atoms with Gasteiger partial charge in [-0.15, -0.1) is 0 Å². The number of likely N-dealkylation sites (tertiary alicyclic amines) is 1. The van der Waals surface area contributed by atoms with Gasteiger partial charge in [0.1, 0.15) is 0 Å². The summed E-state index contributed by atoms with van der Waals surface area (Å²) in [6.45, 7) is 1.85. The van der Waals surface area contributed by atoms with Crippen molar-refractivity contribution < 1.29 is 31.5 Å². The molecular formula is C25H26ClF3N4O5S. The highest BCUT2D eigenvalue weighted by Gasteiger charge is 2.35. The van der Waals surface area contributed by atoms with Crippen LogP contribution in [0.4, 0.5) is 18.0 Å². The van der Waals surface area contributed by atoms with Gasteiger partial charge in [-0.3, -0.25) is 14.3 Å². The van der Waals surface area contributed by atoms with Gasteiger partial charge in [0.25, 0.3) is 5.56 Å². The van der Waals surface area contributed by atoms with Crippen molar-refractivity contribution in [2.24, 2.45) is 0 Å². The van der Waals surface area contributed by atoms with E-state index in [0.29, 0.717) is 19.4 Å². The van der Waals surface area contributed by atoms with Crippen LogP contribution in [-0.4, -0.2) is 59.0 Å². The molecule has 4 rings (SSSR count). The third-order valence-corrected chi connectivity index (χ3v) is 8.72. The molecule has 2 heterocycles. The molecule has 0 aliphatic carbocycles. The molecule has 210 valence electrons. The smallest absolute Gasteiger partial charge is 0.416 e. The summed E-state index contributed by atoms with van der Waals surface area (Å²) in [5.41, 5.74) is -1.56. The Morgan fingerprint density at radius 2 is 1.95 bits per heavy atom. The summed E-state index contributed by atoms with van der Waals surface area (Å²) >= 11 is 6.05. The fourth-order valence-electron chi connectivity index (χ4n) is 4.80. The summed E-state index contributed by atoms with van der Waals surface area (Å²) in [6, 6.07) is 5.75. The van der Waals surface area contributed by atoms with E-state index in [1.807, 2.05) is 0 Å². The lowest BCUT2D eigenvalue weighted by Crippen LogP contribution is -2.47. The molecule has 1 atom stereocenters. The molecular weight excluding hydrogens is 561 g/mol. The van der Waals surface area contributed by atoms with Gasteiger partial charge in [0.05, 0.1) is 40.0 Å². The van der Waals surface area contributed by atoms with Gasteiger partial charge in [0, 0.05) is 24.2 Å². The number of hydrogen-bond donors (Lipinski definition) is 2. The fourth-order valence-corrected chi connectivity index (χ4v) is 6.11. The molecule has 0 bridgehead atoms. The zero-order valence-corrected chi connectivity index (χ0v) is 22.4. The third-order valence-electron chi connectivity index (χ3n) is 6.66. The first-order valence-corrected chi connectivity index (χ1v) is 14.1. The predicted molar refractivity (Wildman–Crippen MR) is 139 cm³/mol. The highest BCUT2D eigenvalue weighted by Crippen LogP contribution is 2.35. The second kappa shape index (κ2) is 11.1. The number of aromatic nitrogens is 2. The zero-order valence-electron chi connectivity index (χ0n) is 20.8. The van der Waals surface area contributed by atoms with Gasteiger partial charge in [-0.1, -0.05) is 18.5 Å². The van der Waals surface area contributed by atoms with E-state index in [-0.39, 0.29) is 57.3 Å². The highest BCUT2D eigenvalue weighted by molar-refractivity contribution is 7.91. The van der Waals surface area contributed by atoms with Gasteiger partial charge in [0.2, 0.25) is 0 Å². The van der Waals surface area contributed by atoms with Crippen LogP contribution in [0.3, 0.4) is 0 Å². The maximum atomic E-state index is 14.1. The normalized spacial score (nSPS) is 16.9. The number of alkyl halides is 3. The molecule has 39 heavy (non-hydrogen) atoms. The van der Waals surface area contributed by atoms with Gasteiger partial charge in [-0.2, -0.15) is 13.2 Å². The number of sulfone groups is 1. The van der Waals surface area contributed by atoms with Crippen molar-refractivity contribution in [1.29, 1.82) is 0 Å². The average molecular weight is 587 g/mol. The van der Waals surface area contributed by atoms with E-state index in [2.05, 4.69) is 10.3 Å². The number of piperidine rings is 1. The molecule has 0 radical (unpaired) electrons. The number of benzene rings is 2. The number of fused-ring (bicyclic) bond motifs is 1. The number of rotatable bonds is 7. The van der Waals surface area contributed by atoms with Gasteiger partial charge in [-0.25, -0.2) is 18.2 Å². The van der Waals surface area contributed by atoms with Crippen molar-refractivity contribution in [2.45, 2.75) is 50.0 Å². The molecule has 2 N–H and O–H groups in total. The number of carbonyl (C=O) groups is 1. The predicted octanol–water partition coefficient (Wildman–Crippen LogP) is 4.14. The molecule has 1 fully saturated rings. The molecule has 1 aliphatic rings. The van der Waals surface area contributed by atoms with Crippen molar-refractivity contribution in [3.63, 3.8) is 0 Å². The average Bonchev–Trinajstić information content (AvgIpc) is 2.84. The van der Waals surface area contributed by atoms with Crippen LogP contribution in [-0.2, 0) is 29.1 Å². The quantitative estimate of drug-likeness (QED) is 0.427. The molecule has 1 aromatic heterocycles. The topological polar surface area (TPSA) is 122 Å². The van der Waals surface area contributed by atoms with Crippen molar-refractivity contribution >= 4 is 38.4 Å². The van der Waals surface area contributed by atoms with Crippen LogP contribution in [0.2, 0.25) is 5.02 Å². The molecule has 9 nitrogen and oxygen atoms in total. The lowest BCUT2D eigenvalue weighted by Gasteiger charge is -2.33. The summed E-state index contributed by atoms with van der Waals surface area (Å²) in [4.78, 5) is 30.2. The Labute approximate surface area is 227 Å². The van der Waals surface area contributed by atoms with Crippen LogP contribution in [0.25, 0.3) is 10.9 Å². The molecule has 3 aromatic rings. The second-order valence-corrected chi connectivity index (χ2v) is 12.1. The number of hydrogen-bond acceptors (Lipinski definition) is 6. The monoisotopic (exact) mass is 586 g/mol. The van der Waals surface area contributed by atoms with E-state index in [1.54, 1.807) is 4.90 Å². The first-order valence-electron chi connectivity index (χ1n) is 12.1. The maximum absolute atomic E-state index is 14.1. The van der Waals surface area contributed by atoms with E-state index in [0.717, 1.165) is 10.6 Å². The SMILES string of the molecule is CCS(=O)(=O)c1ccc(Cl)cc1Cn1cnc2cc(CN3CCC[C@H](NC(=O)O)C3)c(C(F)(F)F)cc2c1=O. The van der Waals surface area contributed by atoms with Crippen molar-refractivity contribution in [1.82, 2.24) is 19.8 Å². The lowest BCUT2D eigenvalue weighted by atomic mass is 10.0. The molecule has 14 heteroatoms. The maximum Gasteiger partial charge on any atom is 0.416 e. The van der Waals surface area contributed by atoms with E-state index >= 15 is 0 Å². The van der Waals surface area contributed by atoms with Gasteiger partial charge in [-0.05, 0) is 60.8 Å². The fraction of sp³-hybridized carbons (Fsp3) is 0.400. The summed E-state index contributed by atoms with van der Waals surface area (Å²) in [5, 5.41) is 11.3. The highest BCUT2D eigenvalue weighted by atomic mass is 35.5. The minimum atomic E-state index is -4.76. The van der Waals surface area contributed by atoms with Crippen molar-refractivity contribution in [3.8, 4) is 0 Å². The molecule has 2 aromatic carbocycles. The van der Waals surface area contributed by atoms with Crippen LogP contribution in [0.15, 0.2) is 46.3 Å². The van der Waals surface area contributed by atoms with E-state index in [9.17, 15) is 31.2 Å². The Morgan fingerprint density at radius 3 is 2.62 bits per heavy atom. The van der Waals surface area contributed by atoms with Crippen LogP contribution >= 0.6 is 11.6 Å². The number of nitrogens with one attached hydrogen (secondary N) is 1. The Kier molecular flexibility index (Phi) is 8.24. The molecule has 0 spiro atoms. The molecule has 1 amide bonds. The number of halogens is 4. The lowest BCUT2D eigenvalue weighted by molar-refractivity contribution is -0.138. The van der Waals surface area contributed by atoms with E-state index < -0.39 is 39.3 Å². The van der Waals surface area contributed by atoms with Crippen LogP contribution in [0, 0.1) is 0 Å². The number of nitrogens with zero attached hydrogens (tertiary/aromatic N) is 3.